The van der Waals surface area contributed by atoms with E-state index in [1.54, 1.807) is 0 Å². The summed E-state index contributed by atoms with van der Waals surface area (Å²) in [7, 11) is 0. The fraction of sp³-hybridized carbons (Fsp3) is 0.750. The third kappa shape index (κ3) is 207. The van der Waals surface area contributed by atoms with Gasteiger partial charge in [-0.25, -0.2) is 0 Å². The van der Waals surface area contributed by atoms with Crippen molar-refractivity contribution in [3.8, 4) is 0 Å². The molecule has 4 N–H and O–H groups in total. The molecule has 3 nitrogen and oxygen atoms in total. The van der Waals surface area contributed by atoms with Crippen molar-refractivity contribution < 1.29 is 7.65 Å². The molecule has 0 bridgehead atoms. The van der Waals surface area contributed by atoms with Crippen LogP contribution >= 0.6 is 0 Å². The first-order valence-corrected chi connectivity index (χ1v) is 2.13. The van der Waals surface area contributed by atoms with E-state index in [-0.39, 0.29) is 2.85 Å². The summed E-state index contributed by atoms with van der Waals surface area (Å²) in [5.41, 5.74) is 9.81. The average Bonchev–Trinajstić information content (AvgIpc) is 1.69. The van der Waals surface area contributed by atoms with Crippen LogP contribution in [0.2, 0.25) is 0 Å². The van der Waals surface area contributed by atoms with Crippen molar-refractivity contribution in [1.82, 2.24) is 0 Å². The maximum Gasteiger partial charge on any atom is 0.116 e. The van der Waals surface area contributed by atoms with E-state index in [9.17, 15) is 0 Å². The molecule has 0 aliphatic heterocycles. The van der Waals surface area contributed by atoms with Gasteiger partial charge in [0.1, 0.15) is 6.29 Å². The summed E-state index contributed by atoms with van der Waals surface area (Å²) in [4.78, 5) is 8.81. The molecule has 0 unspecified atom stereocenters. The molecular formula is C4H16N2O. The zero-order valence-electron chi connectivity index (χ0n) is 4.55. The van der Waals surface area contributed by atoms with Crippen LogP contribution in [0.1, 0.15) is 9.78 Å². The van der Waals surface area contributed by atoms with E-state index in [2.05, 4.69) is 0 Å². The van der Waals surface area contributed by atoms with E-state index < -0.39 is 0 Å². The van der Waals surface area contributed by atoms with E-state index in [0.29, 0.717) is 13.1 Å². The molecule has 3 heteroatoms. The molecule has 0 aromatic carbocycles. The molecule has 0 aliphatic carbocycles. The van der Waals surface area contributed by atoms with Crippen LogP contribution in [0.15, 0.2) is 0 Å². The molecule has 0 saturated carbocycles. The fourth-order valence-corrected chi connectivity index (χ4v) is 0. The molecule has 0 radical (unpaired) electrons. The first-order chi connectivity index (χ1) is 3.33. The highest BCUT2D eigenvalue weighted by molar-refractivity contribution is 5.44. The summed E-state index contributed by atoms with van der Waals surface area (Å²) in [5, 5.41) is 0. The zero-order chi connectivity index (χ0) is 6.12. The minimum Gasteiger partial charge on any atom is -0.329 e. The first kappa shape index (κ1) is 9.77. The van der Waals surface area contributed by atoms with E-state index in [0.717, 1.165) is 6.29 Å². The normalized spacial score (nSPS) is 6.14. The zero-order valence-corrected chi connectivity index (χ0v) is 4.55. The molecule has 0 fully saturated rings. The second-order valence-electron chi connectivity index (χ2n) is 0.813. The lowest BCUT2D eigenvalue weighted by Crippen LogP contribution is -2.11. The van der Waals surface area contributed by atoms with E-state index in [4.69, 9.17) is 16.3 Å². The second kappa shape index (κ2) is 17.6. The van der Waals surface area contributed by atoms with Crippen molar-refractivity contribution in [3.05, 3.63) is 0 Å². The Bertz CT molecular complexity index is 35.7. The van der Waals surface area contributed by atoms with E-state index in [1.807, 2.05) is 0 Å². The lowest BCUT2D eigenvalue weighted by molar-refractivity contribution is -0.106. The maximum absolute atomic E-state index is 8.81. The third-order valence-electron chi connectivity index (χ3n) is 0.167. The Hall–Kier alpha value is -0.410. The Morgan fingerprint density at radius 3 is 1.71 bits per heavy atom. The summed E-state index contributed by atoms with van der Waals surface area (Å²) < 4.78 is 0. The van der Waals surface area contributed by atoms with Crippen LogP contribution in [0.3, 0.4) is 0 Å². The van der Waals surface area contributed by atoms with Gasteiger partial charge >= 0.3 is 0 Å². The maximum atomic E-state index is 8.81. The van der Waals surface area contributed by atoms with Crippen LogP contribution in [0.25, 0.3) is 0 Å². The number of carbonyl (C=O) groups excluding carboxylic acids is 1. The SMILES string of the molecule is CC=O.NCCN.[HH].[HH]. The van der Waals surface area contributed by atoms with Crippen molar-refractivity contribution >= 4 is 6.29 Å². The van der Waals surface area contributed by atoms with Crippen LogP contribution < -0.4 is 11.5 Å². The number of rotatable bonds is 1. The Morgan fingerprint density at radius 1 is 1.57 bits per heavy atom. The van der Waals surface area contributed by atoms with Gasteiger partial charge in [-0.2, -0.15) is 0 Å². The molecular weight excluding hydrogens is 92.1 g/mol. The summed E-state index contributed by atoms with van der Waals surface area (Å²) in [5.74, 6) is 0. The lowest BCUT2D eigenvalue weighted by Gasteiger charge is -1.72. The number of hydrogen-bond donors (Lipinski definition) is 2. The highest BCUT2D eigenvalue weighted by Gasteiger charge is 1.54. The van der Waals surface area contributed by atoms with Gasteiger partial charge in [0.05, 0.1) is 0 Å². The lowest BCUT2D eigenvalue weighted by atomic mass is 10.7. The summed E-state index contributed by atoms with van der Waals surface area (Å²) in [6.07, 6.45) is 0.750. The molecule has 0 heterocycles. The van der Waals surface area contributed by atoms with Gasteiger partial charge in [0, 0.05) is 15.9 Å². The third-order valence-corrected chi connectivity index (χ3v) is 0.167. The molecule has 0 aromatic heterocycles. The van der Waals surface area contributed by atoms with Crippen molar-refractivity contribution in [2.75, 3.05) is 13.1 Å². The monoisotopic (exact) mass is 108 g/mol. The number of hydrogen-bond acceptors (Lipinski definition) is 3. The van der Waals surface area contributed by atoms with Crippen LogP contribution in [0.5, 0.6) is 0 Å². The highest BCUT2D eigenvalue weighted by Crippen LogP contribution is 1.24. The smallest absolute Gasteiger partial charge is 0.116 e. The molecule has 48 valence electrons. The molecule has 0 aromatic rings. The number of carbonyl (C=O) groups is 1. The average molecular weight is 108 g/mol. The largest absolute Gasteiger partial charge is 0.329 e. The van der Waals surface area contributed by atoms with Crippen LogP contribution in [-0.4, -0.2) is 19.4 Å². The minimum atomic E-state index is 0. The van der Waals surface area contributed by atoms with E-state index in [1.165, 1.54) is 6.92 Å². The van der Waals surface area contributed by atoms with Gasteiger partial charge < -0.3 is 16.3 Å². The van der Waals surface area contributed by atoms with Crippen molar-refractivity contribution in [2.24, 2.45) is 11.5 Å². The molecule has 0 rings (SSSR count). The molecule has 0 amide bonds. The summed E-state index contributed by atoms with van der Waals surface area (Å²) in [6.45, 7) is 2.64. The Kier molecular flexibility index (Phi) is 24.5. The predicted molar refractivity (Wildman–Crippen MR) is 34.1 cm³/mol. The fourth-order valence-electron chi connectivity index (χ4n) is 0. The molecule has 7 heavy (non-hydrogen) atoms. The van der Waals surface area contributed by atoms with Gasteiger partial charge in [0.15, 0.2) is 0 Å². The van der Waals surface area contributed by atoms with Crippen LogP contribution in [0, 0.1) is 0 Å². The Labute approximate surface area is 46.7 Å². The van der Waals surface area contributed by atoms with Gasteiger partial charge in [0.25, 0.3) is 0 Å². The van der Waals surface area contributed by atoms with Crippen molar-refractivity contribution in [2.45, 2.75) is 6.92 Å². The predicted octanol–water partition coefficient (Wildman–Crippen LogP) is -0.399. The molecule has 0 aliphatic rings. The van der Waals surface area contributed by atoms with Gasteiger partial charge in [0.2, 0.25) is 0 Å². The van der Waals surface area contributed by atoms with Gasteiger partial charge in [-0.3, -0.25) is 0 Å². The molecule has 0 atom stereocenters. The van der Waals surface area contributed by atoms with Gasteiger partial charge in [-0.05, 0) is 6.92 Å². The summed E-state index contributed by atoms with van der Waals surface area (Å²) >= 11 is 0. The standard InChI is InChI=1S/C2H8N2.C2H4O.2H2/c3-1-2-4;1-2-3;;/h1-4H2;2H,1H3;2*1H. The first-order valence-electron chi connectivity index (χ1n) is 2.13. The summed E-state index contributed by atoms with van der Waals surface area (Å²) in [6, 6.07) is 0. The Balaban J connectivity index is -0.0000000233. The van der Waals surface area contributed by atoms with E-state index >= 15 is 0 Å². The minimum absolute atomic E-state index is 0. The Morgan fingerprint density at radius 2 is 1.71 bits per heavy atom. The number of aldehydes is 1. The number of nitrogens with two attached hydrogens (primary N) is 2. The highest BCUT2D eigenvalue weighted by atomic mass is 16.1. The molecule has 0 saturated heterocycles. The quantitative estimate of drug-likeness (QED) is 0.449. The van der Waals surface area contributed by atoms with Crippen molar-refractivity contribution in [1.29, 1.82) is 0 Å². The van der Waals surface area contributed by atoms with Crippen LogP contribution in [0.4, 0.5) is 0 Å². The topological polar surface area (TPSA) is 69.1 Å². The van der Waals surface area contributed by atoms with Gasteiger partial charge in [-0.15, -0.1) is 0 Å². The second-order valence-corrected chi connectivity index (χ2v) is 0.813. The van der Waals surface area contributed by atoms with Crippen molar-refractivity contribution in [3.63, 3.8) is 0 Å². The van der Waals surface area contributed by atoms with Gasteiger partial charge in [-0.1, -0.05) is 0 Å². The molecule has 0 spiro atoms. The van der Waals surface area contributed by atoms with Crippen LogP contribution in [-0.2, 0) is 4.79 Å².